The molecule has 0 saturated carbocycles. The van der Waals surface area contributed by atoms with E-state index in [0.717, 1.165) is 17.7 Å². The predicted molar refractivity (Wildman–Crippen MR) is 78.7 cm³/mol. The van der Waals surface area contributed by atoms with Crippen LogP contribution in [0.5, 0.6) is 0 Å². The number of nitrogens with zero attached hydrogens (tertiary/aromatic N) is 1. The molecule has 2 rings (SSSR count). The second-order valence-corrected chi connectivity index (χ2v) is 6.16. The zero-order valence-electron chi connectivity index (χ0n) is 11.6. The molecule has 1 aliphatic heterocycles. The molecular weight excluding hydrogens is 293 g/mol. The Labute approximate surface area is 127 Å². The van der Waals surface area contributed by atoms with Crippen LogP contribution in [-0.4, -0.2) is 40.2 Å². The monoisotopic (exact) mass is 311 g/mol. The van der Waals surface area contributed by atoms with Gasteiger partial charge in [0.15, 0.2) is 0 Å². The Balaban J connectivity index is 1.83. The third kappa shape index (κ3) is 4.46. The van der Waals surface area contributed by atoms with Gasteiger partial charge in [0.05, 0.1) is 0 Å². The molecule has 0 aromatic heterocycles. The van der Waals surface area contributed by atoms with Crippen LogP contribution >= 0.6 is 11.8 Å². The van der Waals surface area contributed by atoms with E-state index in [4.69, 9.17) is 5.11 Å². The van der Waals surface area contributed by atoms with Crippen LogP contribution in [0.4, 0.5) is 4.39 Å². The molecule has 0 aliphatic carbocycles. The number of carbonyl (C=O) groups excluding carboxylic acids is 1. The molecule has 1 N–H and O–H groups in total. The lowest BCUT2D eigenvalue weighted by Gasteiger charge is -2.33. The molecule has 1 aromatic rings. The third-order valence-corrected chi connectivity index (χ3v) is 4.52. The van der Waals surface area contributed by atoms with Gasteiger partial charge in [-0.25, -0.2) is 9.18 Å². The highest BCUT2D eigenvalue weighted by Crippen LogP contribution is 2.22. The maximum Gasteiger partial charge on any atom is 0.326 e. The molecule has 0 unspecified atom stereocenters. The van der Waals surface area contributed by atoms with Gasteiger partial charge in [-0.05, 0) is 43.5 Å². The van der Waals surface area contributed by atoms with E-state index in [2.05, 4.69) is 0 Å². The maximum atomic E-state index is 12.8. The molecule has 0 spiro atoms. The van der Waals surface area contributed by atoms with E-state index in [1.54, 1.807) is 12.1 Å². The summed E-state index contributed by atoms with van der Waals surface area (Å²) in [7, 11) is 0. The summed E-state index contributed by atoms with van der Waals surface area (Å²) in [4.78, 5) is 25.7. The second kappa shape index (κ2) is 7.45. The first-order valence-corrected chi connectivity index (χ1v) is 7.97. The van der Waals surface area contributed by atoms with E-state index in [1.165, 1.54) is 28.8 Å². The van der Waals surface area contributed by atoms with Gasteiger partial charge >= 0.3 is 5.97 Å². The molecule has 1 atom stereocenters. The lowest BCUT2D eigenvalue weighted by Crippen LogP contribution is -2.48. The van der Waals surface area contributed by atoms with Crippen molar-refractivity contribution in [3.05, 3.63) is 30.1 Å². The average Bonchev–Trinajstić information content (AvgIpc) is 2.49. The number of likely N-dealkylation sites (tertiary alicyclic amines) is 1. The minimum Gasteiger partial charge on any atom is -0.480 e. The number of carboxylic acids is 1. The van der Waals surface area contributed by atoms with Crippen LogP contribution in [0.15, 0.2) is 29.2 Å². The van der Waals surface area contributed by atoms with Gasteiger partial charge in [0.1, 0.15) is 11.9 Å². The number of rotatable bonds is 5. The van der Waals surface area contributed by atoms with E-state index < -0.39 is 12.0 Å². The minimum absolute atomic E-state index is 0.114. The minimum atomic E-state index is -0.922. The Kier molecular flexibility index (Phi) is 5.61. The molecule has 1 amide bonds. The molecule has 0 bridgehead atoms. The van der Waals surface area contributed by atoms with Crippen molar-refractivity contribution in [3.63, 3.8) is 0 Å². The van der Waals surface area contributed by atoms with Crippen molar-refractivity contribution in [2.24, 2.45) is 0 Å². The van der Waals surface area contributed by atoms with Crippen LogP contribution < -0.4 is 0 Å². The number of amides is 1. The summed E-state index contributed by atoms with van der Waals surface area (Å²) in [6, 6.07) is 5.43. The lowest BCUT2D eigenvalue weighted by molar-refractivity contribution is -0.151. The van der Waals surface area contributed by atoms with Gasteiger partial charge in [-0.3, -0.25) is 4.79 Å². The number of hydrogen-bond donors (Lipinski definition) is 1. The van der Waals surface area contributed by atoms with Crippen LogP contribution in [0.1, 0.15) is 25.7 Å². The SMILES string of the molecule is O=C(O)[C@H]1CCCCN1C(=O)CCSc1ccc(F)cc1. The Morgan fingerprint density at radius 1 is 1.29 bits per heavy atom. The molecule has 1 fully saturated rings. The van der Waals surface area contributed by atoms with Gasteiger partial charge < -0.3 is 10.0 Å². The number of hydrogen-bond acceptors (Lipinski definition) is 3. The topological polar surface area (TPSA) is 57.6 Å². The standard InChI is InChI=1S/C15H18FNO3S/c16-11-4-6-12(7-5-11)21-10-8-14(18)17-9-2-1-3-13(17)15(19)20/h4-7,13H,1-3,8-10H2,(H,19,20)/t13-/m1/s1. The molecule has 1 aliphatic rings. The van der Waals surface area contributed by atoms with Crippen molar-refractivity contribution in [3.8, 4) is 0 Å². The van der Waals surface area contributed by atoms with E-state index in [-0.39, 0.29) is 11.7 Å². The molecule has 21 heavy (non-hydrogen) atoms. The fraction of sp³-hybridized carbons (Fsp3) is 0.467. The maximum absolute atomic E-state index is 12.8. The van der Waals surface area contributed by atoms with Gasteiger partial charge in [0.2, 0.25) is 5.91 Å². The lowest BCUT2D eigenvalue weighted by atomic mass is 10.0. The van der Waals surface area contributed by atoms with Crippen molar-refractivity contribution in [2.75, 3.05) is 12.3 Å². The summed E-state index contributed by atoms with van der Waals surface area (Å²) < 4.78 is 12.8. The third-order valence-electron chi connectivity index (χ3n) is 3.51. The van der Waals surface area contributed by atoms with Crippen LogP contribution in [0.25, 0.3) is 0 Å². The zero-order chi connectivity index (χ0) is 15.2. The molecular formula is C15H18FNO3S. The normalized spacial score (nSPS) is 18.5. The quantitative estimate of drug-likeness (QED) is 0.850. The van der Waals surface area contributed by atoms with Crippen LogP contribution in [0.3, 0.4) is 0 Å². The van der Waals surface area contributed by atoms with Gasteiger partial charge in [0.25, 0.3) is 0 Å². The van der Waals surface area contributed by atoms with Gasteiger partial charge in [0, 0.05) is 23.6 Å². The summed E-state index contributed by atoms with van der Waals surface area (Å²) >= 11 is 1.47. The van der Waals surface area contributed by atoms with Crippen LogP contribution in [-0.2, 0) is 9.59 Å². The Morgan fingerprint density at radius 2 is 2.00 bits per heavy atom. The van der Waals surface area contributed by atoms with Gasteiger partial charge in [-0.2, -0.15) is 0 Å². The van der Waals surface area contributed by atoms with E-state index in [9.17, 15) is 14.0 Å². The van der Waals surface area contributed by atoms with Gasteiger partial charge in [-0.15, -0.1) is 11.8 Å². The molecule has 6 heteroatoms. The van der Waals surface area contributed by atoms with Crippen molar-refractivity contribution in [1.82, 2.24) is 4.90 Å². The predicted octanol–water partition coefficient (Wildman–Crippen LogP) is 2.77. The average molecular weight is 311 g/mol. The highest BCUT2D eigenvalue weighted by molar-refractivity contribution is 7.99. The first-order valence-electron chi connectivity index (χ1n) is 6.98. The van der Waals surface area contributed by atoms with Gasteiger partial charge in [-0.1, -0.05) is 0 Å². The van der Waals surface area contributed by atoms with Crippen molar-refractivity contribution >= 4 is 23.6 Å². The number of carboxylic acid groups (broad SMARTS) is 1. The molecule has 4 nitrogen and oxygen atoms in total. The van der Waals surface area contributed by atoms with E-state index in [0.29, 0.717) is 25.1 Å². The molecule has 1 aromatic carbocycles. The summed E-state index contributed by atoms with van der Waals surface area (Å²) in [6.45, 7) is 0.525. The fourth-order valence-corrected chi connectivity index (χ4v) is 3.26. The number of thioether (sulfide) groups is 1. The summed E-state index contributed by atoms with van der Waals surface area (Å²) in [6.07, 6.45) is 2.55. The Bertz CT molecular complexity index is 506. The second-order valence-electron chi connectivity index (χ2n) is 4.99. The first-order chi connectivity index (χ1) is 10.1. The number of carbonyl (C=O) groups is 2. The first kappa shape index (κ1) is 15.8. The number of benzene rings is 1. The zero-order valence-corrected chi connectivity index (χ0v) is 12.4. The van der Waals surface area contributed by atoms with Crippen molar-refractivity contribution in [2.45, 2.75) is 36.6 Å². The number of aliphatic carboxylic acids is 1. The summed E-state index contributed by atoms with van der Waals surface area (Å²) in [5, 5.41) is 9.15. The van der Waals surface area contributed by atoms with Crippen molar-refractivity contribution in [1.29, 1.82) is 0 Å². The van der Waals surface area contributed by atoms with Crippen molar-refractivity contribution < 1.29 is 19.1 Å². The Hall–Kier alpha value is -1.56. The molecule has 1 saturated heterocycles. The summed E-state index contributed by atoms with van der Waals surface area (Å²) in [5.74, 6) is -0.758. The Morgan fingerprint density at radius 3 is 2.67 bits per heavy atom. The highest BCUT2D eigenvalue weighted by atomic mass is 32.2. The summed E-state index contributed by atoms with van der Waals surface area (Å²) in [5.41, 5.74) is 0. The fourth-order valence-electron chi connectivity index (χ4n) is 2.42. The van der Waals surface area contributed by atoms with Crippen LogP contribution in [0.2, 0.25) is 0 Å². The molecule has 1 heterocycles. The van der Waals surface area contributed by atoms with E-state index in [1.807, 2.05) is 0 Å². The highest BCUT2D eigenvalue weighted by Gasteiger charge is 2.31. The number of piperidine rings is 1. The molecule has 0 radical (unpaired) electrons. The number of halogens is 1. The smallest absolute Gasteiger partial charge is 0.326 e. The largest absolute Gasteiger partial charge is 0.480 e. The van der Waals surface area contributed by atoms with Crippen LogP contribution in [0, 0.1) is 5.82 Å². The molecule has 114 valence electrons. The van der Waals surface area contributed by atoms with E-state index >= 15 is 0 Å².